The zero-order chi connectivity index (χ0) is 14.5. The van der Waals surface area contributed by atoms with Crippen molar-refractivity contribution in [3.8, 4) is 0 Å². The number of benzene rings is 1. The van der Waals surface area contributed by atoms with E-state index >= 15 is 0 Å². The Kier molecular flexibility index (Phi) is 5.05. The number of aryl methyl sites for hydroxylation is 1. The third-order valence-electron chi connectivity index (χ3n) is 3.97. The maximum absolute atomic E-state index is 12.3. The van der Waals surface area contributed by atoms with Gasteiger partial charge in [-0.05, 0) is 37.7 Å². The fraction of sp³-hybridized carbons (Fsp3) is 0.588. The average Bonchev–Trinajstić information content (AvgIpc) is 2.88. The van der Waals surface area contributed by atoms with Gasteiger partial charge in [0.1, 0.15) is 0 Å². The zero-order valence-electron chi connectivity index (χ0n) is 12.9. The Morgan fingerprint density at radius 2 is 2.05 bits per heavy atom. The molecule has 3 nitrogen and oxygen atoms in total. The van der Waals surface area contributed by atoms with Crippen molar-refractivity contribution in [1.82, 2.24) is 10.2 Å². The summed E-state index contributed by atoms with van der Waals surface area (Å²) in [5, 5.41) is 3.05. The van der Waals surface area contributed by atoms with E-state index in [4.69, 9.17) is 0 Å². The summed E-state index contributed by atoms with van der Waals surface area (Å²) in [6, 6.07) is 8.90. The van der Waals surface area contributed by atoms with Crippen LogP contribution in [0.3, 0.4) is 0 Å². The molecule has 0 aliphatic carbocycles. The minimum absolute atomic E-state index is 0.0914. The number of hydrogen-bond donors (Lipinski definition) is 1. The summed E-state index contributed by atoms with van der Waals surface area (Å²) in [6.07, 6.45) is 3.20. The smallest absolute Gasteiger partial charge is 0.317 e. The average molecular weight is 274 g/mol. The lowest BCUT2D eigenvalue weighted by atomic mass is 10.0. The van der Waals surface area contributed by atoms with E-state index in [1.165, 1.54) is 11.1 Å². The second-order valence-electron chi connectivity index (χ2n) is 6.18. The molecule has 3 heteroatoms. The second kappa shape index (κ2) is 6.78. The Bertz CT molecular complexity index is 439. The maximum Gasteiger partial charge on any atom is 0.317 e. The number of urea groups is 1. The molecule has 0 spiro atoms. The van der Waals surface area contributed by atoms with E-state index in [9.17, 15) is 4.79 Å². The molecule has 0 radical (unpaired) electrons. The normalized spacial score (nSPS) is 18.6. The van der Waals surface area contributed by atoms with E-state index in [0.29, 0.717) is 5.92 Å². The highest BCUT2D eigenvalue weighted by molar-refractivity contribution is 5.75. The molecular formula is C17H26N2O. The van der Waals surface area contributed by atoms with E-state index in [0.717, 1.165) is 32.4 Å². The number of amides is 2. The van der Waals surface area contributed by atoms with Crippen LogP contribution in [0, 0.1) is 12.8 Å². The minimum Gasteiger partial charge on any atom is -0.338 e. The summed E-state index contributed by atoms with van der Waals surface area (Å²) < 4.78 is 0. The molecule has 1 aliphatic heterocycles. The Labute approximate surface area is 122 Å². The van der Waals surface area contributed by atoms with E-state index in [1.807, 2.05) is 4.90 Å². The zero-order valence-corrected chi connectivity index (χ0v) is 12.9. The fourth-order valence-corrected chi connectivity index (χ4v) is 2.71. The molecule has 1 fully saturated rings. The van der Waals surface area contributed by atoms with Crippen LogP contribution >= 0.6 is 0 Å². The Morgan fingerprint density at radius 1 is 1.35 bits per heavy atom. The third kappa shape index (κ3) is 3.75. The second-order valence-corrected chi connectivity index (χ2v) is 6.18. The van der Waals surface area contributed by atoms with Gasteiger partial charge in [-0.3, -0.25) is 0 Å². The summed E-state index contributed by atoms with van der Waals surface area (Å²) >= 11 is 0. The van der Waals surface area contributed by atoms with Crippen LogP contribution in [0.1, 0.15) is 50.3 Å². The van der Waals surface area contributed by atoms with Crippen molar-refractivity contribution < 1.29 is 4.79 Å². The van der Waals surface area contributed by atoms with E-state index in [-0.39, 0.29) is 12.1 Å². The number of likely N-dealkylation sites (tertiary alicyclic amines) is 1. The summed E-state index contributed by atoms with van der Waals surface area (Å²) in [6.45, 7) is 8.09. The van der Waals surface area contributed by atoms with Gasteiger partial charge in [-0.1, -0.05) is 43.7 Å². The first kappa shape index (κ1) is 14.9. The predicted octanol–water partition coefficient (Wildman–Crippen LogP) is 3.89. The lowest BCUT2D eigenvalue weighted by Gasteiger charge is -2.25. The van der Waals surface area contributed by atoms with E-state index in [2.05, 4.69) is 50.4 Å². The SMILES string of the molecule is Cc1ccc(C2CCCN2C(=O)NCCC(C)C)cc1. The molecule has 2 amide bonds. The molecular weight excluding hydrogens is 248 g/mol. The summed E-state index contributed by atoms with van der Waals surface area (Å²) in [5.74, 6) is 0.627. The Morgan fingerprint density at radius 3 is 2.70 bits per heavy atom. The molecule has 2 rings (SSSR count). The predicted molar refractivity (Wildman–Crippen MR) is 82.7 cm³/mol. The van der Waals surface area contributed by atoms with E-state index in [1.54, 1.807) is 0 Å². The lowest BCUT2D eigenvalue weighted by Crippen LogP contribution is -2.40. The monoisotopic (exact) mass is 274 g/mol. The number of nitrogens with one attached hydrogen (secondary N) is 1. The number of carbonyl (C=O) groups is 1. The highest BCUT2D eigenvalue weighted by atomic mass is 16.2. The van der Waals surface area contributed by atoms with Gasteiger partial charge < -0.3 is 10.2 Å². The Balaban J connectivity index is 1.96. The molecule has 1 aliphatic rings. The van der Waals surface area contributed by atoms with Crippen LogP contribution in [0.4, 0.5) is 4.79 Å². The molecule has 20 heavy (non-hydrogen) atoms. The van der Waals surface area contributed by atoms with Crippen molar-refractivity contribution in [2.45, 2.75) is 46.1 Å². The van der Waals surface area contributed by atoms with Crippen LogP contribution in [0.5, 0.6) is 0 Å². The summed E-state index contributed by atoms with van der Waals surface area (Å²) in [7, 11) is 0. The van der Waals surface area contributed by atoms with Gasteiger partial charge in [-0.25, -0.2) is 4.79 Å². The van der Waals surface area contributed by atoms with Crippen molar-refractivity contribution in [3.05, 3.63) is 35.4 Å². The van der Waals surface area contributed by atoms with Crippen LogP contribution in [-0.2, 0) is 0 Å². The van der Waals surface area contributed by atoms with Crippen molar-refractivity contribution in [2.75, 3.05) is 13.1 Å². The van der Waals surface area contributed by atoms with E-state index < -0.39 is 0 Å². The van der Waals surface area contributed by atoms with Crippen molar-refractivity contribution in [1.29, 1.82) is 0 Å². The molecule has 0 aromatic heterocycles. The molecule has 1 aromatic carbocycles. The molecule has 1 heterocycles. The Hall–Kier alpha value is -1.51. The fourth-order valence-electron chi connectivity index (χ4n) is 2.71. The van der Waals surface area contributed by atoms with Gasteiger partial charge in [0.05, 0.1) is 6.04 Å². The first-order chi connectivity index (χ1) is 9.58. The van der Waals surface area contributed by atoms with Gasteiger partial charge in [-0.15, -0.1) is 0 Å². The highest BCUT2D eigenvalue weighted by Crippen LogP contribution is 2.31. The third-order valence-corrected chi connectivity index (χ3v) is 3.97. The first-order valence-corrected chi connectivity index (χ1v) is 7.69. The molecule has 1 saturated heterocycles. The van der Waals surface area contributed by atoms with Gasteiger partial charge in [0.2, 0.25) is 0 Å². The molecule has 0 bridgehead atoms. The van der Waals surface area contributed by atoms with Gasteiger partial charge in [0.25, 0.3) is 0 Å². The highest BCUT2D eigenvalue weighted by Gasteiger charge is 2.29. The van der Waals surface area contributed by atoms with Crippen LogP contribution in [-0.4, -0.2) is 24.0 Å². The van der Waals surface area contributed by atoms with Crippen LogP contribution in [0.15, 0.2) is 24.3 Å². The molecule has 110 valence electrons. The number of rotatable bonds is 4. The quantitative estimate of drug-likeness (QED) is 0.887. The maximum atomic E-state index is 12.3. The minimum atomic E-state index is 0.0914. The van der Waals surface area contributed by atoms with Crippen LogP contribution in [0.25, 0.3) is 0 Å². The summed E-state index contributed by atoms with van der Waals surface area (Å²) in [4.78, 5) is 14.3. The van der Waals surface area contributed by atoms with Crippen molar-refractivity contribution in [3.63, 3.8) is 0 Å². The van der Waals surface area contributed by atoms with Gasteiger partial charge in [0.15, 0.2) is 0 Å². The van der Waals surface area contributed by atoms with Gasteiger partial charge >= 0.3 is 6.03 Å². The first-order valence-electron chi connectivity index (χ1n) is 7.69. The number of carbonyl (C=O) groups excluding carboxylic acids is 1. The topological polar surface area (TPSA) is 32.3 Å². The lowest BCUT2D eigenvalue weighted by molar-refractivity contribution is 0.192. The van der Waals surface area contributed by atoms with Crippen LogP contribution < -0.4 is 5.32 Å². The summed E-state index contributed by atoms with van der Waals surface area (Å²) in [5.41, 5.74) is 2.52. The van der Waals surface area contributed by atoms with Gasteiger partial charge in [-0.2, -0.15) is 0 Å². The molecule has 1 unspecified atom stereocenters. The number of hydrogen-bond acceptors (Lipinski definition) is 1. The molecule has 0 saturated carbocycles. The standard InChI is InChI=1S/C17H26N2O/c1-13(2)10-11-18-17(20)19-12-4-5-16(19)15-8-6-14(3)7-9-15/h6-9,13,16H,4-5,10-12H2,1-3H3,(H,18,20). The largest absolute Gasteiger partial charge is 0.338 e. The van der Waals surface area contributed by atoms with Crippen molar-refractivity contribution in [2.24, 2.45) is 5.92 Å². The van der Waals surface area contributed by atoms with Crippen molar-refractivity contribution >= 4 is 6.03 Å². The van der Waals surface area contributed by atoms with Crippen LogP contribution in [0.2, 0.25) is 0 Å². The van der Waals surface area contributed by atoms with Gasteiger partial charge in [0, 0.05) is 13.1 Å². The molecule has 1 aromatic rings. The molecule has 1 atom stereocenters. The number of nitrogens with zero attached hydrogens (tertiary/aromatic N) is 1. The molecule has 1 N–H and O–H groups in total.